The quantitative estimate of drug-likeness (QED) is 0.527. The second kappa shape index (κ2) is 9.67. The molecule has 0 N–H and O–H groups in total. The topological polar surface area (TPSA) is 106 Å². The standard InChI is InChI=1S/C24H24N4O5S/c1-17-23(18(2)33-26-17)34(30,31)28-14-12-27(13-15-28)24(29)20-8-10-22(32-3)19(16-20)7-9-21-6-4-5-11-25-21/h4-6,8,10-11,16H,12-15H2,1-3H3. The van der Waals surface area contributed by atoms with Gasteiger partial charge in [0, 0.05) is 37.9 Å². The Kier molecular flexibility index (Phi) is 6.68. The Morgan fingerprint density at radius 2 is 1.85 bits per heavy atom. The van der Waals surface area contributed by atoms with Gasteiger partial charge in [-0.05, 0) is 50.1 Å². The van der Waals surface area contributed by atoms with E-state index in [4.69, 9.17) is 9.26 Å². The third-order valence-electron chi connectivity index (χ3n) is 5.53. The summed E-state index contributed by atoms with van der Waals surface area (Å²) in [5, 5.41) is 3.75. The van der Waals surface area contributed by atoms with Crippen LogP contribution in [-0.4, -0.2) is 67.0 Å². The van der Waals surface area contributed by atoms with Crippen LogP contribution in [0.5, 0.6) is 5.75 Å². The molecule has 176 valence electrons. The van der Waals surface area contributed by atoms with Crippen molar-refractivity contribution in [1.82, 2.24) is 19.3 Å². The molecule has 1 aliphatic rings. The van der Waals surface area contributed by atoms with E-state index in [0.717, 1.165) is 0 Å². The molecule has 1 aromatic carbocycles. The van der Waals surface area contributed by atoms with Crippen LogP contribution in [-0.2, 0) is 10.0 Å². The highest BCUT2D eigenvalue weighted by atomic mass is 32.2. The fraction of sp³-hybridized carbons (Fsp3) is 0.292. The number of nitrogens with zero attached hydrogens (tertiary/aromatic N) is 4. The number of aryl methyl sites for hydroxylation is 2. The fourth-order valence-corrected chi connectivity index (χ4v) is 5.51. The fourth-order valence-electron chi connectivity index (χ4n) is 3.79. The first kappa shape index (κ1) is 23.5. The van der Waals surface area contributed by atoms with Crippen LogP contribution in [0.1, 0.15) is 33.1 Å². The zero-order valence-corrected chi connectivity index (χ0v) is 19.9. The summed E-state index contributed by atoms with van der Waals surface area (Å²) in [5.41, 5.74) is 1.96. The first-order valence-electron chi connectivity index (χ1n) is 10.6. The predicted octanol–water partition coefficient (Wildman–Crippen LogP) is 2.24. The molecule has 9 nitrogen and oxygen atoms in total. The van der Waals surface area contributed by atoms with Gasteiger partial charge in [0.15, 0.2) is 5.76 Å². The van der Waals surface area contributed by atoms with Crippen molar-refractivity contribution in [2.45, 2.75) is 18.7 Å². The lowest BCUT2D eigenvalue weighted by Crippen LogP contribution is -2.50. The van der Waals surface area contributed by atoms with Crippen molar-refractivity contribution in [2.24, 2.45) is 0 Å². The first-order valence-corrected chi connectivity index (χ1v) is 12.1. The molecular formula is C24H24N4O5S. The van der Waals surface area contributed by atoms with Crippen LogP contribution in [0.3, 0.4) is 0 Å². The summed E-state index contributed by atoms with van der Waals surface area (Å²) in [6.07, 6.45) is 1.66. The minimum Gasteiger partial charge on any atom is -0.495 e. The van der Waals surface area contributed by atoms with E-state index in [-0.39, 0.29) is 42.7 Å². The molecule has 3 aromatic rings. The Bertz CT molecular complexity index is 1350. The molecule has 0 atom stereocenters. The van der Waals surface area contributed by atoms with E-state index in [1.807, 2.05) is 12.1 Å². The van der Waals surface area contributed by atoms with Crippen LogP contribution in [0.2, 0.25) is 0 Å². The average molecular weight is 481 g/mol. The van der Waals surface area contributed by atoms with Gasteiger partial charge >= 0.3 is 0 Å². The lowest BCUT2D eigenvalue weighted by atomic mass is 10.1. The zero-order valence-electron chi connectivity index (χ0n) is 19.1. The maximum absolute atomic E-state index is 13.2. The number of hydrogen-bond donors (Lipinski definition) is 0. The minimum absolute atomic E-state index is 0.0959. The molecule has 2 aromatic heterocycles. The maximum Gasteiger partial charge on any atom is 0.253 e. The SMILES string of the molecule is COc1ccc(C(=O)N2CCN(S(=O)(=O)c3c(C)noc3C)CC2)cc1C#Cc1ccccn1. The molecule has 0 unspecified atom stereocenters. The maximum atomic E-state index is 13.2. The molecule has 0 radical (unpaired) electrons. The van der Waals surface area contributed by atoms with Gasteiger partial charge in [-0.2, -0.15) is 4.31 Å². The number of methoxy groups -OCH3 is 1. The van der Waals surface area contributed by atoms with E-state index in [2.05, 4.69) is 22.0 Å². The van der Waals surface area contributed by atoms with Gasteiger partial charge in [-0.25, -0.2) is 13.4 Å². The van der Waals surface area contributed by atoms with E-state index in [1.165, 1.54) is 4.31 Å². The number of carbonyl (C=O) groups is 1. The molecule has 10 heteroatoms. The summed E-state index contributed by atoms with van der Waals surface area (Å²) in [5.74, 6) is 6.61. The number of benzene rings is 1. The summed E-state index contributed by atoms with van der Waals surface area (Å²) < 4.78 is 37.8. The van der Waals surface area contributed by atoms with Crippen LogP contribution in [0.15, 0.2) is 52.0 Å². The van der Waals surface area contributed by atoms with Gasteiger partial charge in [-0.3, -0.25) is 4.79 Å². The predicted molar refractivity (Wildman–Crippen MR) is 124 cm³/mol. The van der Waals surface area contributed by atoms with Gasteiger partial charge in [0.1, 0.15) is 22.0 Å². The molecule has 34 heavy (non-hydrogen) atoms. The molecule has 0 spiro atoms. The summed E-state index contributed by atoms with van der Waals surface area (Å²) in [7, 11) is -2.20. The lowest BCUT2D eigenvalue weighted by molar-refractivity contribution is 0.0697. The van der Waals surface area contributed by atoms with E-state index < -0.39 is 10.0 Å². The van der Waals surface area contributed by atoms with Crippen molar-refractivity contribution < 1.29 is 22.5 Å². The molecule has 0 bridgehead atoms. The Labute approximate surface area is 198 Å². The number of amides is 1. The van der Waals surface area contributed by atoms with Gasteiger partial charge < -0.3 is 14.2 Å². The summed E-state index contributed by atoms with van der Waals surface area (Å²) in [6, 6.07) is 10.5. The van der Waals surface area contributed by atoms with E-state index in [0.29, 0.717) is 28.3 Å². The van der Waals surface area contributed by atoms with Crippen LogP contribution in [0, 0.1) is 25.7 Å². The van der Waals surface area contributed by atoms with Crippen molar-refractivity contribution >= 4 is 15.9 Å². The number of carbonyl (C=O) groups excluding carboxylic acids is 1. The van der Waals surface area contributed by atoms with Crippen LogP contribution < -0.4 is 4.74 Å². The summed E-state index contributed by atoms with van der Waals surface area (Å²) in [6.45, 7) is 4.07. The molecule has 0 aliphatic carbocycles. The Hall–Kier alpha value is -3.68. The molecule has 4 rings (SSSR count). The number of aromatic nitrogens is 2. The Morgan fingerprint density at radius 1 is 1.09 bits per heavy atom. The Balaban J connectivity index is 1.50. The third kappa shape index (κ3) is 4.66. The second-order valence-electron chi connectivity index (χ2n) is 7.73. The number of sulfonamides is 1. The van der Waals surface area contributed by atoms with E-state index in [9.17, 15) is 13.2 Å². The van der Waals surface area contributed by atoms with E-state index >= 15 is 0 Å². The van der Waals surface area contributed by atoms with Crippen molar-refractivity contribution in [2.75, 3.05) is 33.3 Å². The van der Waals surface area contributed by atoms with E-state index in [1.54, 1.807) is 56.3 Å². The molecule has 1 aliphatic heterocycles. The van der Waals surface area contributed by atoms with Crippen molar-refractivity contribution in [3.8, 4) is 17.6 Å². The van der Waals surface area contributed by atoms with Crippen molar-refractivity contribution in [1.29, 1.82) is 0 Å². The van der Waals surface area contributed by atoms with Gasteiger partial charge in [0.05, 0.1) is 12.7 Å². The smallest absolute Gasteiger partial charge is 0.253 e. The number of piperazine rings is 1. The van der Waals surface area contributed by atoms with Crippen LogP contribution >= 0.6 is 0 Å². The lowest BCUT2D eigenvalue weighted by Gasteiger charge is -2.34. The summed E-state index contributed by atoms with van der Waals surface area (Å²) in [4.78, 5) is 19.1. The molecule has 3 heterocycles. The van der Waals surface area contributed by atoms with Crippen LogP contribution in [0.4, 0.5) is 0 Å². The van der Waals surface area contributed by atoms with Crippen molar-refractivity contribution in [3.05, 3.63) is 70.9 Å². The van der Waals surface area contributed by atoms with Gasteiger partial charge in [-0.15, -0.1) is 0 Å². The highest BCUT2D eigenvalue weighted by Gasteiger charge is 2.34. The Morgan fingerprint density at radius 3 is 2.47 bits per heavy atom. The largest absolute Gasteiger partial charge is 0.495 e. The first-order chi connectivity index (χ1) is 16.3. The third-order valence-corrected chi connectivity index (χ3v) is 7.67. The van der Waals surface area contributed by atoms with Gasteiger partial charge in [0.2, 0.25) is 10.0 Å². The second-order valence-corrected chi connectivity index (χ2v) is 9.60. The number of rotatable bonds is 4. The number of pyridine rings is 1. The van der Waals surface area contributed by atoms with Crippen LogP contribution in [0.25, 0.3) is 0 Å². The average Bonchev–Trinajstić information content (AvgIpc) is 3.21. The minimum atomic E-state index is -3.74. The van der Waals surface area contributed by atoms with Gasteiger partial charge in [-0.1, -0.05) is 17.1 Å². The monoisotopic (exact) mass is 480 g/mol. The molecular weight excluding hydrogens is 456 g/mol. The summed E-state index contributed by atoms with van der Waals surface area (Å²) >= 11 is 0. The highest BCUT2D eigenvalue weighted by Crippen LogP contribution is 2.25. The normalized spacial score (nSPS) is 14.4. The molecule has 1 fully saturated rings. The molecule has 0 saturated carbocycles. The number of hydrogen-bond acceptors (Lipinski definition) is 7. The number of ether oxygens (including phenoxy) is 1. The van der Waals surface area contributed by atoms with Crippen molar-refractivity contribution in [3.63, 3.8) is 0 Å². The van der Waals surface area contributed by atoms with Gasteiger partial charge in [0.25, 0.3) is 5.91 Å². The molecule has 1 saturated heterocycles. The zero-order chi connectivity index (χ0) is 24.3. The highest BCUT2D eigenvalue weighted by molar-refractivity contribution is 7.89. The molecule has 1 amide bonds.